The van der Waals surface area contributed by atoms with Crippen LogP contribution in [0.2, 0.25) is 0 Å². The Hall–Kier alpha value is -0.990. The van der Waals surface area contributed by atoms with Gasteiger partial charge >= 0.3 is 5.97 Å². The van der Waals surface area contributed by atoms with Gasteiger partial charge in [0.25, 0.3) is 0 Å². The SMILES string of the molecule is CC1CCC2(C(=O)O)CCC3C(=CCC4C3(C)CCC3C4(C)CCC(CC4OC(CO)C(O)C4O)[C@@]3(C)O)C2C1. The molecular formula is C33H52O7. The molecular weight excluding hydrogens is 508 g/mol. The van der Waals surface area contributed by atoms with Crippen molar-refractivity contribution >= 4 is 5.97 Å². The molecule has 0 bridgehead atoms. The molecule has 0 aromatic heterocycles. The van der Waals surface area contributed by atoms with Gasteiger partial charge < -0.3 is 30.3 Å². The van der Waals surface area contributed by atoms with Gasteiger partial charge in [0.2, 0.25) is 0 Å². The van der Waals surface area contributed by atoms with E-state index >= 15 is 0 Å². The number of aliphatic hydroxyl groups excluding tert-OH is 3. The molecule has 5 aliphatic carbocycles. The van der Waals surface area contributed by atoms with Crippen molar-refractivity contribution in [1.29, 1.82) is 0 Å². The third kappa shape index (κ3) is 3.97. The van der Waals surface area contributed by atoms with Gasteiger partial charge in [-0.2, -0.15) is 0 Å². The molecule has 6 rings (SSSR count). The van der Waals surface area contributed by atoms with E-state index in [1.54, 1.807) is 0 Å². The van der Waals surface area contributed by atoms with Crippen molar-refractivity contribution in [2.24, 2.45) is 51.8 Å². The van der Waals surface area contributed by atoms with Gasteiger partial charge in [0.05, 0.1) is 23.7 Å². The van der Waals surface area contributed by atoms with Crippen LogP contribution in [0.25, 0.3) is 0 Å². The van der Waals surface area contributed by atoms with Crippen LogP contribution in [0.1, 0.15) is 98.3 Å². The zero-order valence-corrected chi connectivity index (χ0v) is 24.9. The van der Waals surface area contributed by atoms with Crippen LogP contribution in [0.3, 0.4) is 0 Å². The number of carboxylic acids is 1. The van der Waals surface area contributed by atoms with E-state index in [2.05, 4.69) is 26.8 Å². The van der Waals surface area contributed by atoms with Crippen LogP contribution < -0.4 is 0 Å². The quantitative estimate of drug-likeness (QED) is 0.324. The lowest BCUT2D eigenvalue weighted by Gasteiger charge is -2.67. The van der Waals surface area contributed by atoms with Crippen molar-refractivity contribution in [3.63, 3.8) is 0 Å². The van der Waals surface area contributed by atoms with Gasteiger partial charge in [-0.15, -0.1) is 0 Å². The third-order valence-corrected chi connectivity index (χ3v) is 14.0. The first-order valence-electron chi connectivity index (χ1n) is 16.1. The van der Waals surface area contributed by atoms with Crippen LogP contribution in [0.5, 0.6) is 0 Å². The molecule has 226 valence electrons. The molecule has 7 nitrogen and oxygen atoms in total. The second-order valence-electron chi connectivity index (χ2n) is 15.7. The van der Waals surface area contributed by atoms with Gasteiger partial charge in [0.15, 0.2) is 0 Å². The number of fused-ring (bicyclic) bond motifs is 7. The topological polar surface area (TPSA) is 127 Å². The van der Waals surface area contributed by atoms with E-state index in [4.69, 9.17) is 4.74 Å². The van der Waals surface area contributed by atoms with E-state index in [-0.39, 0.29) is 35.2 Å². The molecule has 6 aliphatic rings. The molecule has 1 heterocycles. The Balaban J connectivity index is 1.26. The molecule has 5 fully saturated rings. The van der Waals surface area contributed by atoms with Gasteiger partial charge in [0.1, 0.15) is 18.3 Å². The summed E-state index contributed by atoms with van der Waals surface area (Å²) in [5, 5.41) is 53.0. The largest absolute Gasteiger partial charge is 0.481 e. The summed E-state index contributed by atoms with van der Waals surface area (Å²) in [5.74, 6) is 1.07. The minimum Gasteiger partial charge on any atom is -0.481 e. The van der Waals surface area contributed by atoms with Gasteiger partial charge in [-0.1, -0.05) is 32.4 Å². The van der Waals surface area contributed by atoms with E-state index in [0.29, 0.717) is 24.2 Å². The van der Waals surface area contributed by atoms with Crippen LogP contribution in [0, 0.1) is 51.8 Å². The first-order valence-corrected chi connectivity index (χ1v) is 16.1. The maximum absolute atomic E-state index is 12.7. The average molecular weight is 561 g/mol. The van der Waals surface area contributed by atoms with Gasteiger partial charge in [0, 0.05) is 0 Å². The fraction of sp³-hybridized carbons (Fsp3) is 0.909. The minimum absolute atomic E-state index is 0.0292. The number of aliphatic hydroxyl groups is 4. The molecule has 14 atom stereocenters. The Bertz CT molecular complexity index is 1040. The zero-order valence-electron chi connectivity index (χ0n) is 24.9. The lowest BCUT2D eigenvalue weighted by atomic mass is 9.37. The van der Waals surface area contributed by atoms with Gasteiger partial charge in [-0.05, 0) is 124 Å². The predicted octanol–water partition coefficient (Wildman–Crippen LogP) is 4.31. The van der Waals surface area contributed by atoms with Crippen LogP contribution >= 0.6 is 0 Å². The van der Waals surface area contributed by atoms with Crippen LogP contribution in [0.15, 0.2) is 11.6 Å². The molecule has 5 N–H and O–H groups in total. The summed E-state index contributed by atoms with van der Waals surface area (Å²) in [6.07, 6.45) is 8.76. The molecule has 0 aromatic carbocycles. The Kier molecular flexibility index (Phi) is 7.11. The minimum atomic E-state index is -1.10. The first-order chi connectivity index (χ1) is 18.8. The van der Waals surface area contributed by atoms with Crippen molar-refractivity contribution < 1.29 is 35.1 Å². The number of carboxylic acid groups (broad SMARTS) is 1. The van der Waals surface area contributed by atoms with Crippen molar-refractivity contribution in [2.75, 3.05) is 6.61 Å². The van der Waals surface area contributed by atoms with Crippen molar-refractivity contribution in [3.05, 3.63) is 11.6 Å². The molecule has 0 spiro atoms. The number of rotatable bonds is 4. The number of hydrogen-bond donors (Lipinski definition) is 5. The van der Waals surface area contributed by atoms with Crippen LogP contribution in [-0.2, 0) is 9.53 Å². The molecule has 0 radical (unpaired) electrons. The summed E-state index contributed by atoms with van der Waals surface area (Å²) in [5.41, 5.74) is 0.0145. The van der Waals surface area contributed by atoms with Crippen molar-refractivity contribution in [2.45, 2.75) is 128 Å². The number of hydrogen-bond acceptors (Lipinski definition) is 6. The fourth-order valence-corrected chi connectivity index (χ4v) is 11.7. The highest BCUT2D eigenvalue weighted by Gasteiger charge is 2.66. The first kappa shape index (κ1) is 29.1. The second-order valence-corrected chi connectivity index (χ2v) is 15.7. The molecule has 0 amide bonds. The monoisotopic (exact) mass is 560 g/mol. The maximum atomic E-state index is 12.7. The summed E-state index contributed by atoms with van der Waals surface area (Å²) in [4.78, 5) is 12.7. The van der Waals surface area contributed by atoms with Gasteiger partial charge in [-0.25, -0.2) is 0 Å². The Labute approximate surface area is 239 Å². The summed E-state index contributed by atoms with van der Waals surface area (Å²) in [7, 11) is 0. The average Bonchev–Trinajstić information content (AvgIpc) is 3.17. The molecule has 1 aliphatic heterocycles. The highest BCUT2D eigenvalue weighted by Crippen LogP contribution is 2.71. The summed E-state index contributed by atoms with van der Waals surface area (Å²) >= 11 is 0. The number of aliphatic carboxylic acids is 1. The number of carbonyl (C=O) groups is 1. The molecule has 7 heteroatoms. The smallest absolute Gasteiger partial charge is 0.310 e. The maximum Gasteiger partial charge on any atom is 0.310 e. The van der Waals surface area contributed by atoms with E-state index < -0.39 is 41.4 Å². The number of allylic oxidation sites excluding steroid dienone is 2. The summed E-state index contributed by atoms with van der Waals surface area (Å²) in [6, 6.07) is 0. The lowest BCUT2D eigenvalue weighted by Crippen LogP contribution is -2.64. The molecule has 40 heavy (non-hydrogen) atoms. The standard InChI is InChI=1S/C33H52O7/c1-18-7-13-33(29(37)38)14-9-21-20(22(33)15-18)5-6-25-30(21,2)12-10-26-31(25,3)11-8-19(32(26,4)39)16-23-27(35)28(36)24(17-34)40-23/h5,18-19,21-28,34-36,39H,6-17H2,1-4H3,(H,37,38)/t18?,19?,21?,22?,23?,24?,25?,26?,27?,28?,30?,31?,32-,33?/m1/s1. The van der Waals surface area contributed by atoms with E-state index in [9.17, 15) is 30.3 Å². The van der Waals surface area contributed by atoms with E-state index in [1.165, 1.54) is 5.57 Å². The summed E-state index contributed by atoms with van der Waals surface area (Å²) < 4.78 is 5.82. The zero-order chi connectivity index (χ0) is 28.8. The Morgan fingerprint density at radius 1 is 0.925 bits per heavy atom. The second kappa shape index (κ2) is 9.77. The number of ether oxygens (including phenoxy) is 1. The lowest BCUT2D eigenvalue weighted by molar-refractivity contribution is -0.213. The van der Waals surface area contributed by atoms with E-state index in [0.717, 1.165) is 64.2 Å². The Morgan fingerprint density at radius 2 is 1.60 bits per heavy atom. The molecule has 13 unspecified atom stereocenters. The van der Waals surface area contributed by atoms with Crippen LogP contribution in [-0.4, -0.2) is 68.1 Å². The summed E-state index contributed by atoms with van der Waals surface area (Å²) in [6.45, 7) is 8.83. The Morgan fingerprint density at radius 3 is 2.27 bits per heavy atom. The van der Waals surface area contributed by atoms with Crippen molar-refractivity contribution in [3.8, 4) is 0 Å². The molecule has 0 aromatic rings. The molecule has 4 saturated carbocycles. The van der Waals surface area contributed by atoms with Crippen molar-refractivity contribution in [1.82, 2.24) is 0 Å². The van der Waals surface area contributed by atoms with Gasteiger partial charge in [-0.3, -0.25) is 4.79 Å². The fourth-order valence-electron chi connectivity index (χ4n) is 11.7. The molecule has 1 saturated heterocycles. The highest BCUT2D eigenvalue weighted by molar-refractivity contribution is 5.76. The van der Waals surface area contributed by atoms with Crippen LogP contribution in [0.4, 0.5) is 0 Å². The van der Waals surface area contributed by atoms with E-state index in [1.807, 2.05) is 6.92 Å². The normalized spacial score (nSPS) is 55.9. The predicted molar refractivity (Wildman–Crippen MR) is 150 cm³/mol. The third-order valence-electron chi connectivity index (χ3n) is 14.0. The highest BCUT2D eigenvalue weighted by atomic mass is 16.6.